The predicted octanol–water partition coefficient (Wildman–Crippen LogP) is 3.11. The number of piperazine rings is 1. The van der Waals surface area contributed by atoms with Crippen LogP contribution in [0.2, 0.25) is 5.02 Å². The highest BCUT2D eigenvalue weighted by molar-refractivity contribution is 6.30. The highest BCUT2D eigenvalue weighted by atomic mass is 35.5. The Bertz CT molecular complexity index is 839. The number of carbonyl (C=O) groups is 1. The molecular formula is C18H17ClFN3O4. The summed E-state index contributed by atoms with van der Waals surface area (Å²) in [6, 6.07) is 9.99. The Labute approximate surface area is 160 Å². The molecule has 1 fully saturated rings. The summed E-state index contributed by atoms with van der Waals surface area (Å²) in [5.74, 6) is -0.147. The lowest BCUT2D eigenvalue weighted by atomic mass is 10.2. The van der Waals surface area contributed by atoms with Crippen molar-refractivity contribution in [3.8, 4) is 5.75 Å². The monoisotopic (exact) mass is 393 g/mol. The molecular weight excluding hydrogens is 377 g/mol. The van der Waals surface area contributed by atoms with E-state index >= 15 is 0 Å². The predicted molar refractivity (Wildman–Crippen MR) is 98.8 cm³/mol. The first kappa shape index (κ1) is 18.9. The molecule has 0 atom stereocenters. The lowest BCUT2D eigenvalue weighted by molar-refractivity contribution is -0.384. The first-order chi connectivity index (χ1) is 12.9. The number of amides is 1. The van der Waals surface area contributed by atoms with Crippen molar-refractivity contribution in [2.45, 2.75) is 0 Å². The number of hydrogen-bond donors (Lipinski definition) is 0. The van der Waals surface area contributed by atoms with Crippen LogP contribution in [-0.4, -0.2) is 48.5 Å². The standard InChI is InChI=1S/C18H17ClFN3O4/c19-13-1-6-16(17(11-13)23(25)26)21-7-9-22(10-8-21)18(24)12-27-15-4-2-14(20)3-5-15/h1-6,11H,7-10,12H2. The molecule has 0 spiro atoms. The Morgan fingerprint density at radius 1 is 1.15 bits per heavy atom. The van der Waals surface area contributed by atoms with Gasteiger partial charge in [0.25, 0.3) is 11.6 Å². The molecule has 2 aromatic carbocycles. The van der Waals surface area contributed by atoms with Crippen molar-refractivity contribution in [2.75, 3.05) is 37.7 Å². The average Bonchev–Trinajstić information content (AvgIpc) is 2.67. The highest BCUT2D eigenvalue weighted by Gasteiger charge is 2.26. The van der Waals surface area contributed by atoms with E-state index in [1.165, 1.54) is 30.3 Å². The molecule has 7 nitrogen and oxygen atoms in total. The Morgan fingerprint density at radius 2 is 1.81 bits per heavy atom. The van der Waals surface area contributed by atoms with Crippen LogP contribution in [-0.2, 0) is 4.79 Å². The Hall–Kier alpha value is -2.87. The maximum absolute atomic E-state index is 12.9. The molecule has 0 saturated carbocycles. The number of hydrogen-bond acceptors (Lipinski definition) is 5. The van der Waals surface area contributed by atoms with E-state index in [0.717, 1.165) is 0 Å². The average molecular weight is 394 g/mol. The number of halogens is 2. The third-order valence-corrected chi connectivity index (χ3v) is 4.52. The summed E-state index contributed by atoms with van der Waals surface area (Å²) < 4.78 is 18.2. The lowest BCUT2D eigenvalue weighted by Gasteiger charge is -2.35. The lowest BCUT2D eigenvalue weighted by Crippen LogP contribution is -2.50. The van der Waals surface area contributed by atoms with E-state index < -0.39 is 4.92 Å². The molecule has 3 rings (SSSR count). The maximum atomic E-state index is 12.9. The van der Waals surface area contributed by atoms with Crippen LogP contribution in [0.25, 0.3) is 0 Å². The molecule has 0 radical (unpaired) electrons. The van der Waals surface area contributed by atoms with Gasteiger partial charge in [0, 0.05) is 37.3 Å². The van der Waals surface area contributed by atoms with Crippen LogP contribution in [0.4, 0.5) is 15.8 Å². The molecule has 1 amide bonds. The molecule has 1 heterocycles. The van der Waals surface area contributed by atoms with Crippen molar-refractivity contribution in [3.63, 3.8) is 0 Å². The van der Waals surface area contributed by atoms with Gasteiger partial charge in [-0.25, -0.2) is 4.39 Å². The number of nitrogens with zero attached hydrogens (tertiary/aromatic N) is 3. The molecule has 1 saturated heterocycles. The van der Waals surface area contributed by atoms with Crippen molar-refractivity contribution >= 4 is 28.9 Å². The van der Waals surface area contributed by atoms with E-state index in [4.69, 9.17) is 16.3 Å². The van der Waals surface area contributed by atoms with E-state index in [1.807, 2.05) is 4.90 Å². The van der Waals surface area contributed by atoms with Crippen LogP contribution >= 0.6 is 11.6 Å². The topological polar surface area (TPSA) is 75.9 Å². The number of nitro benzene ring substituents is 1. The van der Waals surface area contributed by atoms with Crippen molar-refractivity contribution in [2.24, 2.45) is 0 Å². The Kier molecular flexibility index (Phi) is 5.75. The third kappa shape index (κ3) is 4.65. The zero-order valence-corrected chi connectivity index (χ0v) is 15.1. The van der Waals surface area contributed by atoms with Gasteiger partial charge in [0.05, 0.1) is 4.92 Å². The number of carbonyl (C=O) groups excluding carboxylic acids is 1. The summed E-state index contributed by atoms with van der Waals surface area (Å²) in [5.41, 5.74) is 0.431. The van der Waals surface area contributed by atoms with Gasteiger partial charge in [-0.05, 0) is 36.4 Å². The smallest absolute Gasteiger partial charge is 0.294 e. The summed E-state index contributed by atoms with van der Waals surface area (Å²) >= 11 is 5.85. The number of benzene rings is 2. The molecule has 27 heavy (non-hydrogen) atoms. The van der Waals surface area contributed by atoms with Gasteiger partial charge in [-0.1, -0.05) is 11.6 Å². The largest absolute Gasteiger partial charge is 0.484 e. The van der Waals surface area contributed by atoms with Crippen molar-refractivity contribution in [3.05, 3.63) is 63.4 Å². The van der Waals surface area contributed by atoms with E-state index in [0.29, 0.717) is 42.6 Å². The van der Waals surface area contributed by atoms with Crippen LogP contribution in [0.15, 0.2) is 42.5 Å². The summed E-state index contributed by atoms with van der Waals surface area (Å²) in [5, 5.41) is 11.5. The molecule has 0 unspecified atom stereocenters. The first-order valence-electron chi connectivity index (χ1n) is 8.29. The van der Waals surface area contributed by atoms with E-state index in [9.17, 15) is 19.3 Å². The second-order valence-electron chi connectivity index (χ2n) is 6.00. The zero-order valence-electron chi connectivity index (χ0n) is 14.3. The number of ether oxygens (including phenoxy) is 1. The molecule has 0 aromatic heterocycles. The molecule has 0 bridgehead atoms. The third-order valence-electron chi connectivity index (χ3n) is 4.28. The van der Waals surface area contributed by atoms with Crippen LogP contribution in [0, 0.1) is 15.9 Å². The molecule has 2 aromatic rings. The van der Waals surface area contributed by atoms with Crippen LogP contribution in [0.3, 0.4) is 0 Å². The fourth-order valence-electron chi connectivity index (χ4n) is 2.87. The Balaban J connectivity index is 1.56. The van der Waals surface area contributed by atoms with Gasteiger partial charge in [-0.15, -0.1) is 0 Å². The summed E-state index contributed by atoms with van der Waals surface area (Å²) in [4.78, 5) is 26.6. The minimum absolute atomic E-state index is 0.0538. The van der Waals surface area contributed by atoms with E-state index in [1.54, 1.807) is 17.0 Å². The number of rotatable bonds is 5. The van der Waals surface area contributed by atoms with Gasteiger partial charge in [0.2, 0.25) is 0 Å². The van der Waals surface area contributed by atoms with Gasteiger partial charge in [-0.2, -0.15) is 0 Å². The molecule has 142 valence electrons. The maximum Gasteiger partial charge on any atom is 0.294 e. The minimum Gasteiger partial charge on any atom is -0.484 e. The highest BCUT2D eigenvalue weighted by Crippen LogP contribution is 2.31. The van der Waals surface area contributed by atoms with Crippen LogP contribution in [0.5, 0.6) is 5.75 Å². The molecule has 1 aliphatic heterocycles. The van der Waals surface area contributed by atoms with Gasteiger partial charge >= 0.3 is 0 Å². The first-order valence-corrected chi connectivity index (χ1v) is 8.67. The molecule has 9 heteroatoms. The zero-order chi connectivity index (χ0) is 19.4. The number of nitro groups is 1. The van der Waals surface area contributed by atoms with E-state index in [2.05, 4.69) is 0 Å². The summed E-state index contributed by atoms with van der Waals surface area (Å²) in [6.45, 7) is 1.62. The second-order valence-corrected chi connectivity index (χ2v) is 6.44. The van der Waals surface area contributed by atoms with Gasteiger partial charge in [0.1, 0.15) is 17.3 Å². The summed E-state index contributed by atoms with van der Waals surface area (Å²) in [6.07, 6.45) is 0. The van der Waals surface area contributed by atoms with Gasteiger partial charge in [0.15, 0.2) is 6.61 Å². The van der Waals surface area contributed by atoms with Crippen molar-refractivity contribution < 1.29 is 18.8 Å². The minimum atomic E-state index is -0.463. The summed E-state index contributed by atoms with van der Waals surface area (Å²) in [7, 11) is 0. The van der Waals surface area contributed by atoms with Crippen LogP contribution in [0.1, 0.15) is 0 Å². The van der Waals surface area contributed by atoms with Crippen LogP contribution < -0.4 is 9.64 Å². The molecule has 1 aliphatic rings. The Morgan fingerprint density at radius 3 is 2.44 bits per heavy atom. The normalized spacial score (nSPS) is 14.1. The second kappa shape index (κ2) is 8.22. The fraction of sp³-hybridized carbons (Fsp3) is 0.278. The van der Waals surface area contributed by atoms with Gasteiger partial charge in [-0.3, -0.25) is 14.9 Å². The number of anilines is 1. The molecule has 0 N–H and O–H groups in total. The SMILES string of the molecule is O=C(COc1ccc(F)cc1)N1CCN(c2ccc(Cl)cc2[N+](=O)[O-])CC1. The van der Waals surface area contributed by atoms with E-state index in [-0.39, 0.29) is 24.0 Å². The van der Waals surface area contributed by atoms with Gasteiger partial charge < -0.3 is 14.5 Å². The fourth-order valence-corrected chi connectivity index (χ4v) is 3.04. The quantitative estimate of drug-likeness (QED) is 0.576. The molecule has 0 aliphatic carbocycles. The van der Waals surface area contributed by atoms with Crippen molar-refractivity contribution in [1.82, 2.24) is 4.90 Å². The van der Waals surface area contributed by atoms with Crippen molar-refractivity contribution in [1.29, 1.82) is 0 Å².